The number of carboxylic acid groups (broad SMARTS) is 1. The van der Waals surface area contributed by atoms with Crippen LogP contribution in [0, 0.1) is 6.92 Å². The van der Waals surface area contributed by atoms with Gasteiger partial charge in [0.25, 0.3) is 0 Å². The average molecular weight is 267 g/mol. The molecule has 0 aromatic carbocycles. The highest BCUT2D eigenvalue weighted by Gasteiger charge is 2.40. The standard InChI is InChI=1S/C12H17N3O4/c1-8-6-13-9(19-8)7-14-11(18)15-12(3-2-4-12)5-10(16)17/h6H,2-5,7H2,1H3,(H,16,17)(H2,14,15,18). The molecule has 1 aliphatic carbocycles. The van der Waals surface area contributed by atoms with E-state index in [-0.39, 0.29) is 13.0 Å². The van der Waals surface area contributed by atoms with Gasteiger partial charge in [0.1, 0.15) is 5.76 Å². The van der Waals surface area contributed by atoms with Crippen molar-refractivity contribution in [2.45, 2.75) is 44.7 Å². The molecule has 0 atom stereocenters. The van der Waals surface area contributed by atoms with E-state index in [1.54, 1.807) is 13.1 Å². The van der Waals surface area contributed by atoms with Crippen LogP contribution in [0.1, 0.15) is 37.3 Å². The first-order valence-corrected chi connectivity index (χ1v) is 6.18. The van der Waals surface area contributed by atoms with Crippen molar-refractivity contribution < 1.29 is 19.1 Å². The first kappa shape index (κ1) is 13.4. The molecule has 0 radical (unpaired) electrons. The number of carbonyl (C=O) groups excluding carboxylic acids is 1. The minimum Gasteiger partial charge on any atom is -0.481 e. The van der Waals surface area contributed by atoms with E-state index in [1.807, 2.05) is 0 Å². The van der Waals surface area contributed by atoms with Crippen LogP contribution in [0.15, 0.2) is 10.6 Å². The van der Waals surface area contributed by atoms with Crippen LogP contribution in [-0.4, -0.2) is 27.6 Å². The first-order chi connectivity index (χ1) is 8.99. The van der Waals surface area contributed by atoms with Crippen molar-refractivity contribution in [1.82, 2.24) is 15.6 Å². The number of aliphatic carboxylic acids is 1. The van der Waals surface area contributed by atoms with Gasteiger partial charge in [-0.15, -0.1) is 0 Å². The maximum Gasteiger partial charge on any atom is 0.315 e. The molecule has 19 heavy (non-hydrogen) atoms. The predicted molar refractivity (Wildman–Crippen MR) is 65.4 cm³/mol. The van der Waals surface area contributed by atoms with Gasteiger partial charge in [0.15, 0.2) is 0 Å². The van der Waals surface area contributed by atoms with Crippen LogP contribution in [-0.2, 0) is 11.3 Å². The van der Waals surface area contributed by atoms with Gasteiger partial charge in [-0.05, 0) is 26.2 Å². The smallest absolute Gasteiger partial charge is 0.315 e. The molecule has 2 amide bonds. The van der Waals surface area contributed by atoms with Gasteiger partial charge in [-0.1, -0.05) is 0 Å². The van der Waals surface area contributed by atoms with E-state index in [0.717, 1.165) is 6.42 Å². The fraction of sp³-hybridized carbons (Fsp3) is 0.583. The molecular formula is C12H17N3O4. The Balaban J connectivity index is 1.81. The van der Waals surface area contributed by atoms with Crippen molar-refractivity contribution in [3.8, 4) is 0 Å². The summed E-state index contributed by atoms with van der Waals surface area (Å²) < 4.78 is 5.22. The van der Waals surface area contributed by atoms with E-state index >= 15 is 0 Å². The molecule has 1 fully saturated rings. The Morgan fingerprint density at radius 1 is 1.53 bits per heavy atom. The van der Waals surface area contributed by atoms with Crippen molar-refractivity contribution in [1.29, 1.82) is 0 Å². The topological polar surface area (TPSA) is 104 Å². The van der Waals surface area contributed by atoms with E-state index in [2.05, 4.69) is 15.6 Å². The Kier molecular flexibility index (Phi) is 3.73. The molecule has 2 rings (SSSR count). The molecule has 104 valence electrons. The lowest BCUT2D eigenvalue weighted by Crippen LogP contribution is -2.57. The van der Waals surface area contributed by atoms with Gasteiger partial charge < -0.3 is 20.2 Å². The fourth-order valence-corrected chi connectivity index (χ4v) is 2.16. The molecule has 7 nitrogen and oxygen atoms in total. The highest BCUT2D eigenvalue weighted by molar-refractivity contribution is 5.77. The summed E-state index contributed by atoms with van der Waals surface area (Å²) in [5.41, 5.74) is -0.595. The summed E-state index contributed by atoms with van der Waals surface area (Å²) in [5, 5.41) is 14.2. The quantitative estimate of drug-likeness (QED) is 0.743. The summed E-state index contributed by atoms with van der Waals surface area (Å²) in [6.07, 6.45) is 3.87. The van der Waals surface area contributed by atoms with Crippen LogP contribution in [0.2, 0.25) is 0 Å². The van der Waals surface area contributed by atoms with Crippen LogP contribution in [0.5, 0.6) is 0 Å². The van der Waals surface area contributed by atoms with Crippen LogP contribution in [0.4, 0.5) is 4.79 Å². The second kappa shape index (κ2) is 5.29. The number of aryl methyl sites for hydroxylation is 1. The van der Waals surface area contributed by atoms with Gasteiger partial charge in [-0.3, -0.25) is 4.79 Å². The maximum absolute atomic E-state index is 11.7. The number of carboxylic acids is 1. The number of hydrogen-bond donors (Lipinski definition) is 3. The van der Waals surface area contributed by atoms with Gasteiger partial charge in [0.05, 0.1) is 24.7 Å². The Morgan fingerprint density at radius 3 is 2.74 bits per heavy atom. The summed E-state index contributed by atoms with van der Waals surface area (Å²) in [5.74, 6) is 0.204. The Bertz CT molecular complexity index is 479. The summed E-state index contributed by atoms with van der Waals surface area (Å²) in [6.45, 7) is 1.95. The zero-order valence-electron chi connectivity index (χ0n) is 10.7. The van der Waals surface area contributed by atoms with Crippen LogP contribution < -0.4 is 10.6 Å². The fourth-order valence-electron chi connectivity index (χ4n) is 2.16. The van der Waals surface area contributed by atoms with Gasteiger partial charge in [0.2, 0.25) is 5.89 Å². The third kappa shape index (κ3) is 3.46. The van der Waals surface area contributed by atoms with Gasteiger partial charge in [-0.25, -0.2) is 9.78 Å². The van der Waals surface area contributed by atoms with E-state index in [0.29, 0.717) is 24.5 Å². The normalized spacial score (nSPS) is 16.5. The van der Waals surface area contributed by atoms with Gasteiger partial charge in [-0.2, -0.15) is 0 Å². The number of amides is 2. The van der Waals surface area contributed by atoms with Crippen molar-refractivity contribution in [2.24, 2.45) is 0 Å². The van der Waals surface area contributed by atoms with Crippen molar-refractivity contribution >= 4 is 12.0 Å². The third-order valence-electron chi connectivity index (χ3n) is 3.25. The third-order valence-corrected chi connectivity index (χ3v) is 3.25. The van der Waals surface area contributed by atoms with E-state index in [1.165, 1.54) is 0 Å². The summed E-state index contributed by atoms with van der Waals surface area (Å²) in [4.78, 5) is 26.5. The summed E-state index contributed by atoms with van der Waals surface area (Å²) in [6, 6.07) is -0.392. The largest absolute Gasteiger partial charge is 0.481 e. The lowest BCUT2D eigenvalue weighted by Gasteiger charge is -2.41. The Labute approximate surface area is 110 Å². The van der Waals surface area contributed by atoms with Gasteiger partial charge in [0, 0.05) is 0 Å². The number of oxazole rings is 1. The van der Waals surface area contributed by atoms with E-state index in [4.69, 9.17) is 9.52 Å². The molecule has 7 heteroatoms. The van der Waals surface area contributed by atoms with Crippen LogP contribution in [0.3, 0.4) is 0 Å². The molecule has 0 aliphatic heterocycles. The molecule has 1 saturated carbocycles. The number of urea groups is 1. The Morgan fingerprint density at radius 2 is 2.26 bits per heavy atom. The molecule has 1 heterocycles. The summed E-state index contributed by atoms with van der Waals surface area (Å²) in [7, 11) is 0. The first-order valence-electron chi connectivity index (χ1n) is 6.18. The van der Waals surface area contributed by atoms with Crippen molar-refractivity contribution in [3.05, 3.63) is 17.8 Å². The van der Waals surface area contributed by atoms with Gasteiger partial charge >= 0.3 is 12.0 Å². The molecule has 1 aliphatic rings. The number of rotatable bonds is 5. The van der Waals surface area contributed by atoms with E-state index < -0.39 is 17.5 Å². The number of nitrogens with zero attached hydrogens (tertiary/aromatic N) is 1. The zero-order chi connectivity index (χ0) is 13.9. The minimum absolute atomic E-state index is 0.0431. The molecule has 0 unspecified atom stereocenters. The van der Waals surface area contributed by atoms with Crippen LogP contribution >= 0.6 is 0 Å². The Hall–Kier alpha value is -2.05. The van der Waals surface area contributed by atoms with Crippen molar-refractivity contribution in [3.63, 3.8) is 0 Å². The lowest BCUT2D eigenvalue weighted by atomic mass is 9.74. The van der Waals surface area contributed by atoms with Crippen LogP contribution in [0.25, 0.3) is 0 Å². The monoisotopic (exact) mass is 267 g/mol. The average Bonchev–Trinajstić information content (AvgIpc) is 2.69. The molecule has 0 bridgehead atoms. The molecule has 3 N–H and O–H groups in total. The number of aromatic nitrogens is 1. The number of hydrogen-bond acceptors (Lipinski definition) is 4. The molecule has 0 spiro atoms. The molecular weight excluding hydrogens is 250 g/mol. The lowest BCUT2D eigenvalue weighted by molar-refractivity contribution is -0.139. The predicted octanol–water partition coefficient (Wildman–Crippen LogP) is 1.18. The second-order valence-electron chi connectivity index (χ2n) is 4.88. The highest BCUT2D eigenvalue weighted by Crippen LogP contribution is 2.34. The second-order valence-corrected chi connectivity index (χ2v) is 4.88. The maximum atomic E-state index is 11.7. The SMILES string of the molecule is Cc1cnc(CNC(=O)NC2(CC(=O)O)CCC2)o1. The number of nitrogens with one attached hydrogen (secondary N) is 2. The molecule has 0 saturated heterocycles. The summed E-state index contributed by atoms with van der Waals surface area (Å²) >= 11 is 0. The van der Waals surface area contributed by atoms with E-state index in [9.17, 15) is 9.59 Å². The van der Waals surface area contributed by atoms with Crippen molar-refractivity contribution in [2.75, 3.05) is 0 Å². The highest BCUT2D eigenvalue weighted by atomic mass is 16.4. The minimum atomic E-state index is -0.900. The zero-order valence-corrected chi connectivity index (χ0v) is 10.7. The molecule has 1 aromatic heterocycles. The number of carbonyl (C=O) groups is 2. The molecule has 1 aromatic rings.